The Labute approximate surface area is 104 Å². The molecule has 0 atom stereocenters. The summed E-state index contributed by atoms with van der Waals surface area (Å²) in [6, 6.07) is 7.81. The number of aromatic amines is 1. The zero-order valence-corrected chi connectivity index (χ0v) is 10.1. The van der Waals surface area contributed by atoms with Gasteiger partial charge in [0, 0.05) is 36.8 Å². The first-order chi connectivity index (χ1) is 8.66. The van der Waals surface area contributed by atoms with Crippen LogP contribution in [-0.4, -0.2) is 41.6 Å². The van der Waals surface area contributed by atoms with Gasteiger partial charge < -0.3 is 9.88 Å². The third-order valence-corrected chi connectivity index (χ3v) is 2.86. The Morgan fingerprint density at radius 3 is 2.67 bits per heavy atom. The van der Waals surface area contributed by atoms with Crippen molar-refractivity contribution in [3.05, 3.63) is 36.0 Å². The van der Waals surface area contributed by atoms with Gasteiger partial charge in [0.15, 0.2) is 0 Å². The molecule has 90 valence electrons. The maximum atomic E-state index is 11.9. The quantitative estimate of drug-likeness (QED) is 0.819. The van der Waals surface area contributed by atoms with Crippen LogP contribution < -0.4 is 0 Å². The minimum Gasteiger partial charge on any atom is -0.360 e. The SMILES string of the molecule is CN(C)C1=NC(=O)C(c2c[nH]c3ccccc23)=N1. The summed E-state index contributed by atoms with van der Waals surface area (Å²) >= 11 is 0. The van der Waals surface area contributed by atoms with Crippen LogP contribution in [-0.2, 0) is 4.79 Å². The summed E-state index contributed by atoms with van der Waals surface area (Å²) in [6.45, 7) is 0. The highest BCUT2D eigenvalue weighted by Gasteiger charge is 2.24. The number of para-hydroxylation sites is 1. The van der Waals surface area contributed by atoms with Gasteiger partial charge in [-0.1, -0.05) is 18.2 Å². The van der Waals surface area contributed by atoms with E-state index in [0.29, 0.717) is 11.7 Å². The normalized spacial score (nSPS) is 14.9. The number of nitrogens with one attached hydrogen (secondary N) is 1. The highest BCUT2D eigenvalue weighted by molar-refractivity contribution is 6.52. The first kappa shape index (κ1) is 10.7. The molecule has 18 heavy (non-hydrogen) atoms. The van der Waals surface area contributed by atoms with Gasteiger partial charge in [0.1, 0.15) is 5.71 Å². The third kappa shape index (κ3) is 1.52. The molecule has 1 aliphatic heterocycles. The van der Waals surface area contributed by atoms with Gasteiger partial charge in [-0.2, -0.15) is 4.99 Å². The molecule has 3 rings (SSSR count). The van der Waals surface area contributed by atoms with Crippen LogP contribution in [0.1, 0.15) is 5.56 Å². The lowest BCUT2D eigenvalue weighted by atomic mass is 10.1. The van der Waals surface area contributed by atoms with E-state index in [4.69, 9.17) is 0 Å². The van der Waals surface area contributed by atoms with Crippen molar-refractivity contribution in [2.75, 3.05) is 14.1 Å². The van der Waals surface area contributed by atoms with Crippen LogP contribution in [0, 0.1) is 0 Å². The molecule has 0 radical (unpaired) electrons. The Balaban J connectivity index is 2.12. The molecule has 0 unspecified atom stereocenters. The molecule has 0 saturated carbocycles. The number of H-pyrrole nitrogens is 1. The lowest BCUT2D eigenvalue weighted by Gasteiger charge is -2.06. The van der Waals surface area contributed by atoms with Gasteiger partial charge in [-0.3, -0.25) is 4.79 Å². The Morgan fingerprint density at radius 2 is 1.94 bits per heavy atom. The molecule has 0 saturated heterocycles. The molecule has 1 aromatic heterocycles. The molecule has 2 heterocycles. The second kappa shape index (κ2) is 3.80. The molecule has 0 fully saturated rings. The number of rotatable bonds is 1. The molecule has 1 amide bonds. The predicted octanol–water partition coefficient (Wildman–Crippen LogP) is 1.41. The van der Waals surface area contributed by atoms with E-state index >= 15 is 0 Å². The second-order valence-electron chi connectivity index (χ2n) is 4.32. The minimum atomic E-state index is -0.288. The molecular formula is C13H12N4O. The zero-order chi connectivity index (χ0) is 12.7. The van der Waals surface area contributed by atoms with Crippen LogP contribution in [0.2, 0.25) is 0 Å². The maximum absolute atomic E-state index is 11.9. The number of aliphatic imine (C=N–C) groups is 2. The lowest BCUT2D eigenvalue weighted by molar-refractivity contribution is -0.111. The van der Waals surface area contributed by atoms with Crippen molar-refractivity contribution in [2.45, 2.75) is 0 Å². The van der Waals surface area contributed by atoms with E-state index in [-0.39, 0.29) is 5.91 Å². The van der Waals surface area contributed by atoms with Gasteiger partial charge in [0.2, 0.25) is 5.96 Å². The van der Waals surface area contributed by atoms with Crippen LogP contribution in [0.5, 0.6) is 0 Å². The average molecular weight is 240 g/mol. The van der Waals surface area contributed by atoms with Gasteiger partial charge in [-0.15, -0.1) is 0 Å². The van der Waals surface area contributed by atoms with Crippen molar-refractivity contribution in [1.82, 2.24) is 9.88 Å². The smallest absolute Gasteiger partial charge is 0.299 e. The van der Waals surface area contributed by atoms with Gasteiger partial charge in [0.25, 0.3) is 5.91 Å². The number of hydrogen-bond acceptors (Lipinski definition) is 3. The van der Waals surface area contributed by atoms with E-state index in [1.165, 1.54) is 0 Å². The molecule has 0 bridgehead atoms. The Morgan fingerprint density at radius 1 is 1.17 bits per heavy atom. The van der Waals surface area contributed by atoms with Crippen LogP contribution in [0.15, 0.2) is 40.4 Å². The van der Waals surface area contributed by atoms with Gasteiger partial charge >= 0.3 is 0 Å². The Bertz CT molecular complexity index is 694. The minimum absolute atomic E-state index is 0.288. The number of carbonyl (C=O) groups is 1. The average Bonchev–Trinajstić information content (AvgIpc) is 2.92. The molecule has 1 N–H and O–H groups in total. The zero-order valence-electron chi connectivity index (χ0n) is 10.1. The van der Waals surface area contributed by atoms with Crippen molar-refractivity contribution in [2.24, 2.45) is 9.98 Å². The molecular weight excluding hydrogens is 228 g/mol. The molecule has 1 aromatic carbocycles. The highest BCUT2D eigenvalue weighted by Crippen LogP contribution is 2.20. The molecule has 2 aromatic rings. The summed E-state index contributed by atoms with van der Waals surface area (Å²) in [5, 5.41) is 0.986. The maximum Gasteiger partial charge on any atom is 0.299 e. The molecule has 1 aliphatic rings. The van der Waals surface area contributed by atoms with Gasteiger partial charge in [-0.05, 0) is 6.07 Å². The number of benzene rings is 1. The lowest BCUT2D eigenvalue weighted by Crippen LogP contribution is -2.18. The topological polar surface area (TPSA) is 60.8 Å². The Kier molecular flexibility index (Phi) is 2.26. The molecule has 0 spiro atoms. The number of fused-ring (bicyclic) bond motifs is 1. The van der Waals surface area contributed by atoms with E-state index in [0.717, 1.165) is 16.5 Å². The van der Waals surface area contributed by atoms with Crippen molar-refractivity contribution in [3.8, 4) is 0 Å². The van der Waals surface area contributed by atoms with E-state index in [9.17, 15) is 4.79 Å². The van der Waals surface area contributed by atoms with Crippen LogP contribution >= 0.6 is 0 Å². The summed E-state index contributed by atoms with van der Waals surface area (Å²) < 4.78 is 0. The Hall–Kier alpha value is -2.43. The monoisotopic (exact) mass is 240 g/mol. The van der Waals surface area contributed by atoms with Crippen LogP contribution in [0.4, 0.5) is 0 Å². The summed E-state index contributed by atoms with van der Waals surface area (Å²) in [7, 11) is 3.63. The fraction of sp³-hybridized carbons (Fsp3) is 0.154. The summed E-state index contributed by atoms with van der Waals surface area (Å²) in [6.07, 6.45) is 1.80. The van der Waals surface area contributed by atoms with Gasteiger partial charge in [-0.25, -0.2) is 4.99 Å². The van der Waals surface area contributed by atoms with Crippen molar-refractivity contribution in [3.63, 3.8) is 0 Å². The largest absolute Gasteiger partial charge is 0.360 e. The number of hydrogen-bond donors (Lipinski definition) is 1. The summed E-state index contributed by atoms with van der Waals surface area (Å²) in [4.78, 5) is 24.9. The summed E-state index contributed by atoms with van der Waals surface area (Å²) in [5.41, 5.74) is 2.19. The van der Waals surface area contributed by atoms with E-state index in [2.05, 4.69) is 15.0 Å². The molecule has 5 heteroatoms. The van der Waals surface area contributed by atoms with Crippen LogP contribution in [0.25, 0.3) is 10.9 Å². The number of aromatic nitrogens is 1. The molecule has 0 aliphatic carbocycles. The second-order valence-corrected chi connectivity index (χ2v) is 4.32. The number of guanidine groups is 1. The summed E-state index contributed by atoms with van der Waals surface area (Å²) in [5.74, 6) is 0.156. The van der Waals surface area contributed by atoms with Crippen molar-refractivity contribution in [1.29, 1.82) is 0 Å². The molecule has 5 nitrogen and oxygen atoms in total. The highest BCUT2D eigenvalue weighted by atomic mass is 16.1. The van der Waals surface area contributed by atoms with Gasteiger partial charge in [0.05, 0.1) is 0 Å². The van der Waals surface area contributed by atoms with E-state index in [1.807, 2.05) is 38.4 Å². The fourth-order valence-electron chi connectivity index (χ4n) is 1.96. The predicted molar refractivity (Wildman–Crippen MR) is 71.0 cm³/mol. The van der Waals surface area contributed by atoms with Crippen molar-refractivity contribution >= 4 is 28.5 Å². The number of nitrogens with zero attached hydrogens (tertiary/aromatic N) is 3. The first-order valence-corrected chi connectivity index (χ1v) is 5.62. The van der Waals surface area contributed by atoms with Crippen LogP contribution in [0.3, 0.4) is 0 Å². The fourth-order valence-corrected chi connectivity index (χ4v) is 1.96. The van der Waals surface area contributed by atoms with E-state index < -0.39 is 0 Å². The third-order valence-electron chi connectivity index (χ3n) is 2.86. The first-order valence-electron chi connectivity index (χ1n) is 5.62. The van der Waals surface area contributed by atoms with E-state index in [1.54, 1.807) is 11.1 Å². The number of amides is 1. The number of carbonyl (C=O) groups excluding carboxylic acids is 1. The standard InChI is InChI=1S/C13H12N4O/c1-17(2)13-15-11(12(18)16-13)9-7-14-10-6-4-3-5-8(9)10/h3-7,14H,1-2H3. The van der Waals surface area contributed by atoms with Crippen molar-refractivity contribution < 1.29 is 4.79 Å².